The molecule has 3 rings (SSSR count). The minimum absolute atomic E-state index is 0.109. The van der Waals surface area contributed by atoms with Crippen LogP contribution >= 0.6 is 50.6 Å². The minimum atomic E-state index is -0.146. The summed E-state index contributed by atoms with van der Waals surface area (Å²) >= 11 is 12.1. The first kappa shape index (κ1) is 22.7. The molecular formula is C20H18BrClN4O2S2. The molecule has 0 radical (unpaired) electrons. The number of aromatic nitrogens is 2. The molecule has 6 nitrogen and oxygen atoms in total. The standard InChI is InChI=1S/C20H18BrClN4O2S2/c21-14-3-1-2-13(12-14)19(28)23-10-8-18-25-26-20(30-18)24-17(27)9-11-29-16-6-4-15(22)5-7-16/h1-7,12H,8-11H2,(H,23,28)(H,24,26,27). The van der Waals surface area contributed by atoms with Gasteiger partial charge in [0.05, 0.1) is 0 Å². The number of thioether (sulfide) groups is 1. The van der Waals surface area contributed by atoms with Crippen LogP contribution in [0.4, 0.5) is 5.13 Å². The van der Waals surface area contributed by atoms with Crippen LogP contribution in [0.25, 0.3) is 0 Å². The number of hydrogen-bond acceptors (Lipinski definition) is 6. The Morgan fingerprint density at radius 3 is 2.70 bits per heavy atom. The van der Waals surface area contributed by atoms with Crippen molar-refractivity contribution >= 4 is 67.6 Å². The highest BCUT2D eigenvalue weighted by Gasteiger charge is 2.10. The predicted octanol–water partition coefficient (Wildman–Crippen LogP) is 5.05. The van der Waals surface area contributed by atoms with Crippen molar-refractivity contribution in [3.63, 3.8) is 0 Å². The second-order valence-corrected chi connectivity index (χ2v) is 9.70. The summed E-state index contributed by atoms with van der Waals surface area (Å²) in [5, 5.41) is 15.6. The topological polar surface area (TPSA) is 84.0 Å². The lowest BCUT2D eigenvalue weighted by Gasteiger charge is -2.04. The van der Waals surface area contributed by atoms with Gasteiger partial charge in [-0.25, -0.2) is 0 Å². The monoisotopic (exact) mass is 524 g/mol. The fraction of sp³-hybridized carbons (Fsp3) is 0.200. The van der Waals surface area contributed by atoms with Crippen molar-refractivity contribution in [1.82, 2.24) is 15.5 Å². The van der Waals surface area contributed by atoms with E-state index in [9.17, 15) is 9.59 Å². The van der Waals surface area contributed by atoms with Crippen molar-refractivity contribution in [2.24, 2.45) is 0 Å². The van der Waals surface area contributed by atoms with Crippen LogP contribution in [0.2, 0.25) is 5.02 Å². The molecule has 0 saturated heterocycles. The maximum Gasteiger partial charge on any atom is 0.251 e. The van der Waals surface area contributed by atoms with E-state index in [4.69, 9.17) is 11.6 Å². The van der Waals surface area contributed by atoms with Gasteiger partial charge in [-0.05, 0) is 42.5 Å². The van der Waals surface area contributed by atoms with Crippen LogP contribution in [0.15, 0.2) is 57.9 Å². The molecule has 0 spiro atoms. The molecule has 0 atom stereocenters. The van der Waals surface area contributed by atoms with Crippen LogP contribution in [-0.4, -0.2) is 34.3 Å². The van der Waals surface area contributed by atoms with E-state index in [-0.39, 0.29) is 11.8 Å². The summed E-state index contributed by atoms with van der Waals surface area (Å²) in [5.74, 6) is 0.399. The SMILES string of the molecule is O=C(CCSc1ccc(Cl)cc1)Nc1nnc(CCNC(=O)c2cccc(Br)c2)s1. The molecule has 1 aromatic heterocycles. The Balaban J connectivity index is 1.37. The largest absolute Gasteiger partial charge is 0.352 e. The van der Waals surface area contributed by atoms with Gasteiger partial charge in [0, 0.05) is 45.1 Å². The quantitative estimate of drug-likeness (QED) is 0.382. The Bertz CT molecular complexity index is 1010. The Morgan fingerprint density at radius 2 is 1.93 bits per heavy atom. The van der Waals surface area contributed by atoms with Crippen molar-refractivity contribution in [3.05, 3.63) is 68.6 Å². The average molecular weight is 526 g/mol. The van der Waals surface area contributed by atoms with Crippen LogP contribution in [0, 0.1) is 0 Å². The zero-order valence-corrected chi connectivity index (χ0v) is 19.7. The lowest BCUT2D eigenvalue weighted by atomic mass is 10.2. The number of hydrogen-bond donors (Lipinski definition) is 2. The Kier molecular flexibility index (Phi) is 8.68. The summed E-state index contributed by atoms with van der Waals surface area (Å²) in [6, 6.07) is 14.7. The number of nitrogens with zero attached hydrogens (tertiary/aromatic N) is 2. The van der Waals surface area contributed by atoms with Crippen molar-refractivity contribution in [2.75, 3.05) is 17.6 Å². The van der Waals surface area contributed by atoms with Crippen molar-refractivity contribution in [2.45, 2.75) is 17.7 Å². The van der Waals surface area contributed by atoms with Gasteiger partial charge in [0.25, 0.3) is 5.91 Å². The van der Waals surface area contributed by atoms with Crippen LogP contribution in [0.3, 0.4) is 0 Å². The fourth-order valence-electron chi connectivity index (χ4n) is 2.39. The van der Waals surface area contributed by atoms with Crippen LogP contribution in [0.1, 0.15) is 21.8 Å². The molecule has 2 N–H and O–H groups in total. The summed E-state index contributed by atoms with van der Waals surface area (Å²) in [4.78, 5) is 25.3. The Hall–Kier alpha value is -1.94. The number of amides is 2. The smallest absolute Gasteiger partial charge is 0.251 e. The third-order valence-electron chi connectivity index (χ3n) is 3.84. The Morgan fingerprint density at radius 1 is 1.13 bits per heavy atom. The molecule has 30 heavy (non-hydrogen) atoms. The number of benzene rings is 2. The molecule has 10 heteroatoms. The second kappa shape index (κ2) is 11.5. The Labute approximate surface area is 196 Å². The normalized spacial score (nSPS) is 10.6. The predicted molar refractivity (Wildman–Crippen MR) is 126 cm³/mol. The van der Waals surface area contributed by atoms with E-state index < -0.39 is 0 Å². The highest BCUT2D eigenvalue weighted by Crippen LogP contribution is 2.21. The summed E-state index contributed by atoms with van der Waals surface area (Å²) in [6.45, 7) is 0.436. The maximum atomic E-state index is 12.1. The molecule has 3 aromatic rings. The van der Waals surface area contributed by atoms with E-state index in [1.54, 1.807) is 23.9 Å². The number of anilines is 1. The molecule has 0 fully saturated rings. The van der Waals surface area contributed by atoms with Gasteiger partial charge in [-0.3, -0.25) is 9.59 Å². The van der Waals surface area contributed by atoms with E-state index in [1.165, 1.54) is 11.3 Å². The van der Waals surface area contributed by atoms with E-state index in [1.807, 2.05) is 36.4 Å². The summed E-state index contributed by atoms with van der Waals surface area (Å²) in [5.41, 5.74) is 0.589. The van der Waals surface area contributed by atoms with Gasteiger partial charge in [-0.2, -0.15) is 0 Å². The van der Waals surface area contributed by atoms with Gasteiger partial charge in [0.1, 0.15) is 5.01 Å². The van der Waals surface area contributed by atoms with Gasteiger partial charge in [-0.15, -0.1) is 22.0 Å². The van der Waals surface area contributed by atoms with Crippen molar-refractivity contribution < 1.29 is 9.59 Å². The molecule has 156 valence electrons. The number of carbonyl (C=O) groups excluding carboxylic acids is 2. The highest BCUT2D eigenvalue weighted by atomic mass is 79.9. The summed E-state index contributed by atoms with van der Waals surface area (Å²) < 4.78 is 0.853. The molecular weight excluding hydrogens is 508 g/mol. The lowest BCUT2D eigenvalue weighted by Crippen LogP contribution is -2.25. The summed E-state index contributed by atoms with van der Waals surface area (Å²) in [7, 11) is 0. The van der Waals surface area contributed by atoms with E-state index >= 15 is 0 Å². The van der Waals surface area contributed by atoms with Crippen LogP contribution in [0.5, 0.6) is 0 Å². The first-order valence-corrected chi connectivity index (χ1v) is 12.0. The van der Waals surface area contributed by atoms with Crippen molar-refractivity contribution in [3.8, 4) is 0 Å². The van der Waals surface area contributed by atoms with E-state index in [0.29, 0.717) is 40.9 Å². The minimum Gasteiger partial charge on any atom is -0.352 e. The molecule has 0 aliphatic carbocycles. The van der Waals surface area contributed by atoms with Crippen LogP contribution < -0.4 is 10.6 Å². The average Bonchev–Trinajstić information content (AvgIpc) is 3.16. The van der Waals surface area contributed by atoms with Crippen LogP contribution in [-0.2, 0) is 11.2 Å². The number of nitrogens with one attached hydrogen (secondary N) is 2. The fourth-order valence-corrected chi connectivity index (χ4v) is 4.53. The van der Waals surface area contributed by atoms with E-state index in [2.05, 4.69) is 36.8 Å². The molecule has 0 aliphatic heterocycles. The maximum absolute atomic E-state index is 12.1. The van der Waals surface area contributed by atoms with Gasteiger partial charge < -0.3 is 10.6 Å². The third-order valence-corrected chi connectivity index (χ3v) is 6.49. The molecule has 0 saturated carbocycles. The summed E-state index contributed by atoms with van der Waals surface area (Å²) in [6.07, 6.45) is 0.907. The number of halogens is 2. The first-order valence-electron chi connectivity index (χ1n) is 9.04. The molecule has 1 heterocycles. The van der Waals surface area contributed by atoms with Crippen molar-refractivity contribution in [1.29, 1.82) is 0 Å². The molecule has 0 unspecified atom stereocenters. The van der Waals surface area contributed by atoms with Gasteiger partial charge >= 0.3 is 0 Å². The molecule has 0 aliphatic rings. The third kappa shape index (κ3) is 7.39. The van der Waals surface area contributed by atoms with E-state index in [0.717, 1.165) is 14.4 Å². The van der Waals surface area contributed by atoms with Gasteiger partial charge in [0.15, 0.2) is 0 Å². The zero-order valence-electron chi connectivity index (χ0n) is 15.7. The number of carbonyl (C=O) groups is 2. The second-order valence-electron chi connectivity index (χ2n) is 6.12. The zero-order chi connectivity index (χ0) is 21.3. The lowest BCUT2D eigenvalue weighted by molar-refractivity contribution is -0.115. The van der Waals surface area contributed by atoms with Gasteiger partial charge in [0.2, 0.25) is 11.0 Å². The molecule has 2 aromatic carbocycles. The highest BCUT2D eigenvalue weighted by molar-refractivity contribution is 9.10. The molecule has 0 bridgehead atoms. The number of rotatable bonds is 9. The first-order chi connectivity index (χ1) is 14.5. The van der Waals surface area contributed by atoms with Gasteiger partial charge in [-0.1, -0.05) is 44.9 Å². The molecule has 2 amide bonds.